The van der Waals surface area contributed by atoms with E-state index in [1.165, 1.54) is 11.3 Å². The van der Waals surface area contributed by atoms with Gasteiger partial charge in [0.1, 0.15) is 0 Å². The number of aromatic nitrogens is 2. The number of nitrogens with one attached hydrogen (secondary N) is 1. The fraction of sp³-hybridized carbons (Fsp3) is 0.143. The maximum Gasteiger partial charge on any atom is 0.265 e. The molecule has 1 amide bonds. The zero-order valence-corrected chi connectivity index (χ0v) is 16.3. The number of thiophene rings is 1. The quantitative estimate of drug-likeness (QED) is 0.445. The van der Waals surface area contributed by atoms with Crippen molar-refractivity contribution in [2.24, 2.45) is 0 Å². The molecule has 0 saturated heterocycles. The zero-order valence-electron chi connectivity index (χ0n) is 14.8. The molecule has 4 rings (SSSR count). The van der Waals surface area contributed by atoms with Crippen LogP contribution < -0.4 is 5.32 Å². The van der Waals surface area contributed by atoms with E-state index < -0.39 is 0 Å². The molecule has 2 aromatic carbocycles. The average Bonchev–Trinajstić information content (AvgIpc) is 3.29. The van der Waals surface area contributed by atoms with Gasteiger partial charge in [0.2, 0.25) is 0 Å². The summed E-state index contributed by atoms with van der Waals surface area (Å²) in [5.41, 5.74) is 2.69. The standard InChI is InChI=1S/C21H18ClN3OS/c1-2-13-25-17-10-6-5-9-16(17)23-20(25)18-11-12-19(27-18)21(26)24-15-8-4-3-7-14(15)22/h3-12H,2,13H2,1H3,(H,24,26). The van der Waals surface area contributed by atoms with Gasteiger partial charge in [0.05, 0.1) is 31.5 Å². The summed E-state index contributed by atoms with van der Waals surface area (Å²) >= 11 is 7.57. The lowest BCUT2D eigenvalue weighted by molar-refractivity contribution is 0.103. The zero-order chi connectivity index (χ0) is 18.8. The molecule has 6 heteroatoms. The van der Waals surface area contributed by atoms with Crippen LogP contribution >= 0.6 is 22.9 Å². The minimum Gasteiger partial charge on any atom is -0.323 e. The Labute approximate surface area is 166 Å². The monoisotopic (exact) mass is 395 g/mol. The molecule has 0 radical (unpaired) electrons. The fourth-order valence-electron chi connectivity index (χ4n) is 3.04. The maximum atomic E-state index is 12.6. The van der Waals surface area contributed by atoms with Gasteiger partial charge < -0.3 is 9.88 Å². The first-order valence-electron chi connectivity index (χ1n) is 8.78. The van der Waals surface area contributed by atoms with Crippen molar-refractivity contribution in [3.63, 3.8) is 0 Å². The lowest BCUT2D eigenvalue weighted by Crippen LogP contribution is -2.10. The van der Waals surface area contributed by atoms with Crippen LogP contribution in [0.15, 0.2) is 60.7 Å². The van der Waals surface area contributed by atoms with Crippen LogP contribution in [0.25, 0.3) is 21.7 Å². The molecular weight excluding hydrogens is 378 g/mol. The Morgan fingerprint density at radius 3 is 2.70 bits per heavy atom. The van der Waals surface area contributed by atoms with Crippen molar-refractivity contribution in [2.45, 2.75) is 19.9 Å². The fourth-order valence-corrected chi connectivity index (χ4v) is 4.12. The van der Waals surface area contributed by atoms with Crippen molar-refractivity contribution in [3.8, 4) is 10.7 Å². The molecule has 0 aliphatic rings. The lowest BCUT2D eigenvalue weighted by atomic mass is 10.3. The molecule has 0 aliphatic heterocycles. The summed E-state index contributed by atoms with van der Waals surface area (Å²) in [5, 5.41) is 3.39. The van der Waals surface area contributed by atoms with Crippen LogP contribution in [0.3, 0.4) is 0 Å². The second-order valence-electron chi connectivity index (χ2n) is 6.17. The summed E-state index contributed by atoms with van der Waals surface area (Å²) in [6, 6.07) is 19.1. The molecule has 136 valence electrons. The Morgan fingerprint density at radius 2 is 1.89 bits per heavy atom. The Balaban J connectivity index is 1.66. The van der Waals surface area contributed by atoms with Gasteiger partial charge >= 0.3 is 0 Å². The highest BCUT2D eigenvalue weighted by atomic mass is 35.5. The molecule has 0 aliphatic carbocycles. The number of amides is 1. The number of aryl methyl sites for hydroxylation is 1. The van der Waals surface area contributed by atoms with E-state index in [1.807, 2.05) is 42.5 Å². The van der Waals surface area contributed by atoms with Gasteiger partial charge in [-0.2, -0.15) is 0 Å². The van der Waals surface area contributed by atoms with Gasteiger partial charge in [-0.05, 0) is 42.8 Å². The molecule has 27 heavy (non-hydrogen) atoms. The van der Waals surface area contributed by atoms with Gasteiger partial charge in [-0.1, -0.05) is 42.8 Å². The van der Waals surface area contributed by atoms with E-state index in [0.29, 0.717) is 15.6 Å². The number of rotatable bonds is 5. The number of imidazole rings is 1. The van der Waals surface area contributed by atoms with Gasteiger partial charge in [0.15, 0.2) is 5.82 Å². The minimum absolute atomic E-state index is 0.169. The molecule has 0 atom stereocenters. The molecule has 4 nitrogen and oxygen atoms in total. The minimum atomic E-state index is -0.169. The molecule has 4 aromatic rings. The van der Waals surface area contributed by atoms with Crippen molar-refractivity contribution in [2.75, 3.05) is 5.32 Å². The van der Waals surface area contributed by atoms with Crippen molar-refractivity contribution in [1.82, 2.24) is 9.55 Å². The van der Waals surface area contributed by atoms with Crippen LogP contribution in [0.4, 0.5) is 5.69 Å². The van der Waals surface area contributed by atoms with Crippen LogP contribution in [0.2, 0.25) is 5.02 Å². The Bertz CT molecular complexity index is 1120. The number of carbonyl (C=O) groups excluding carboxylic acids is 1. The van der Waals surface area contributed by atoms with Crippen molar-refractivity contribution >= 4 is 45.6 Å². The molecule has 0 fully saturated rings. The topological polar surface area (TPSA) is 46.9 Å². The van der Waals surface area contributed by atoms with Crippen molar-refractivity contribution in [3.05, 3.63) is 70.6 Å². The molecule has 0 unspecified atom stereocenters. The van der Waals surface area contributed by atoms with Gasteiger partial charge in [-0.25, -0.2) is 4.98 Å². The van der Waals surface area contributed by atoms with E-state index in [9.17, 15) is 4.79 Å². The third-order valence-electron chi connectivity index (χ3n) is 4.27. The number of carbonyl (C=O) groups is 1. The van der Waals surface area contributed by atoms with E-state index in [2.05, 4.69) is 22.9 Å². The molecule has 2 heterocycles. The highest BCUT2D eigenvalue weighted by molar-refractivity contribution is 7.17. The first kappa shape index (κ1) is 17.8. The van der Waals surface area contributed by atoms with Gasteiger partial charge in [0, 0.05) is 6.54 Å². The van der Waals surface area contributed by atoms with Crippen LogP contribution in [-0.4, -0.2) is 15.5 Å². The normalized spacial score (nSPS) is 11.0. The van der Waals surface area contributed by atoms with Gasteiger partial charge in [-0.3, -0.25) is 4.79 Å². The van der Waals surface area contributed by atoms with Crippen molar-refractivity contribution in [1.29, 1.82) is 0 Å². The summed E-state index contributed by atoms with van der Waals surface area (Å²) in [7, 11) is 0. The van der Waals surface area contributed by atoms with Crippen LogP contribution in [0, 0.1) is 0 Å². The number of para-hydroxylation sites is 3. The Morgan fingerprint density at radius 1 is 1.11 bits per heavy atom. The lowest BCUT2D eigenvalue weighted by Gasteiger charge is -2.06. The number of nitrogens with zero attached hydrogens (tertiary/aromatic N) is 2. The smallest absolute Gasteiger partial charge is 0.265 e. The number of hydrogen-bond donors (Lipinski definition) is 1. The summed E-state index contributed by atoms with van der Waals surface area (Å²) in [6.45, 7) is 3.03. The van der Waals surface area contributed by atoms with Crippen LogP contribution in [0.1, 0.15) is 23.0 Å². The average molecular weight is 396 g/mol. The summed E-state index contributed by atoms with van der Waals surface area (Å²) in [4.78, 5) is 19.0. The Kier molecular flexibility index (Phi) is 4.97. The maximum absolute atomic E-state index is 12.6. The summed E-state index contributed by atoms with van der Waals surface area (Å²) in [6.07, 6.45) is 1.01. The molecule has 1 N–H and O–H groups in total. The molecule has 0 saturated carbocycles. The van der Waals surface area contributed by atoms with Gasteiger partial charge in [-0.15, -0.1) is 11.3 Å². The molecule has 0 bridgehead atoms. The highest BCUT2D eigenvalue weighted by Crippen LogP contribution is 2.31. The number of benzene rings is 2. The third kappa shape index (κ3) is 3.48. The summed E-state index contributed by atoms with van der Waals surface area (Å²) < 4.78 is 2.22. The highest BCUT2D eigenvalue weighted by Gasteiger charge is 2.16. The number of fused-ring (bicyclic) bond motifs is 1. The summed E-state index contributed by atoms with van der Waals surface area (Å²) in [5.74, 6) is 0.734. The van der Waals surface area contributed by atoms with E-state index in [-0.39, 0.29) is 5.91 Å². The molecular formula is C21H18ClN3OS. The van der Waals surface area contributed by atoms with Crippen LogP contribution in [-0.2, 0) is 6.54 Å². The van der Waals surface area contributed by atoms with Crippen LogP contribution in [0.5, 0.6) is 0 Å². The van der Waals surface area contributed by atoms with E-state index in [1.54, 1.807) is 12.1 Å². The van der Waals surface area contributed by atoms with Gasteiger partial charge in [0.25, 0.3) is 5.91 Å². The van der Waals surface area contributed by atoms with E-state index >= 15 is 0 Å². The largest absolute Gasteiger partial charge is 0.323 e. The Hall–Kier alpha value is -2.63. The second-order valence-corrected chi connectivity index (χ2v) is 7.66. The number of anilines is 1. The van der Waals surface area contributed by atoms with E-state index in [4.69, 9.17) is 16.6 Å². The van der Waals surface area contributed by atoms with Crippen molar-refractivity contribution < 1.29 is 4.79 Å². The predicted octanol–water partition coefficient (Wildman–Crippen LogP) is 6.08. The number of halogens is 1. The third-order valence-corrected chi connectivity index (χ3v) is 5.68. The molecule has 0 spiro atoms. The SMILES string of the molecule is CCCn1c(-c2ccc(C(=O)Nc3ccccc3Cl)s2)nc2ccccc21. The first-order chi connectivity index (χ1) is 13.2. The predicted molar refractivity (Wildman–Crippen MR) is 113 cm³/mol. The second kappa shape index (κ2) is 7.55. The number of hydrogen-bond acceptors (Lipinski definition) is 3. The van der Waals surface area contributed by atoms with E-state index in [0.717, 1.165) is 34.7 Å². The molecule has 2 aromatic heterocycles. The first-order valence-corrected chi connectivity index (χ1v) is 9.98.